The molecular formula is C92H129FN24O18S. The number of unbranched alkanes of at least 4 members (excludes halogenated alkanes) is 2. The Bertz CT molecular complexity index is 5210. The van der Waals surface area contributed by atoms with Crippen LogP contribution in [-0.2, 0) is 107 Å². The van der Waals surface area contributed by atoms with E-state index in [1.54, 1.807) is 105 Å². The molecule has 0 bridgehead atoms. The Morgan fingerprint density at radius 2 is 1.07 bits per heavy atom. The third-order valence-corrected chi connectivity index (χ3v) is 25.5. The summed E-state index contributed by atoms with van der Waals surface area (Å²) in [4.78, 5) is 270. The maximum atomic E-state index is 16.4. The number of nitrogens with one attached hydrogen (secondary N) is 15. The molecule has 22 N–H and O–H groups in total. The number of alkyl halides is 1. The summed E-state index contributed by atoms with van der Waals surface area (Å²) in [6.45, 7) is 6.20. The minimum Gasteiger partial charge on any atom is -0.396 e. The maximum Gasteiger partial charge on any atom is 0.246 e. The Kier molecular flexibility index (Phi) is 40.0. The van der Waals surface area contributed by atoms with E-state index in [1.165, 1.54) is 40.6 Å². The Hall–Kier alpha value is -13.6. The van der Waals surface area contributed by atoms with Gasteiger partial charge in [-0.2, -0.15) is 0 Å². The van der Waals surface area contributed by atoms with Crippen molar-refractivity contribution >= 4 is 140 Å². The van der Waals surface area contributed by atoms with Gasteiger partial charge in [0.25, 0.3) is 0 Å². The van der Waals surface area contributed by atoms with Crippen molar-refractivity contribution in [1.29, 1.82) is 5.41 Å². The number of guanidine groups is 1. The van der Waals surface area contributed by atoms with Crippen molar-refractivity contribution in [2.45, 2.75) is 241 Å². The minimum absolute atomic E-state index is 0.00444. The van der Waals surface area contributed by atoms with Crippen LogP contribution in [0.5, 0.6) is 0 Å². The Morgan fingerprint density at radius 1 is 0.544 bits per heavy atom. The van der Waals surface area contributed by atoms with E-state index in [0.29, 0.717) is 69.9 Å². The average Bonchev–Trinajstić information content (AvgIpc) is 1.54. The van der Waals surface area contributed by atoms with Gasteiger partial charge in [0.15, 0.2) is 5.96 Å². The fourth-order valence-corrected chi connectivity index (χ4v) is 17.8. The minimum atomic E-state index is -1.85. The Labute approximate surface area is 791 Å². The lowest BCUT2D eigenvalue weighted by Gasteiger charge is -2.36. The monoisotopic (exact) mass is 1910 g/mol. The van der Waals surface area contributed by atoms with Gasteiger partial charge in [0.05, 0.1) is 31.6 Å². The number of aromatic amines is 3. The van der Waals surface area contributed by atoms with Gasteiger partial charge >= 0.3 is 0 Å². The summed E-state index contributed by atoms with van der Waals surface area (Å²) in [5, 5.41) is 49.2. The summed E-state index contributed by atoms with van der Waals surface area (Å²) >= 11 is 0.790. The van der Waals surface area contributed by atoms with Gasteiger partial charge in [-0.05, 0) is 93.0 Å². The van der Waals surface area contributed by atoms with Crippen LogP contribution in [-0.4, -0.2) is 312 Å². The molecule has 42 nitrogen and oxygen atoms in total. The first-order valence-electron chi connectivity index (χ1n) is 45.9. The van der Waals surface area contributed by atoms with Gasteiger partial charge in [-0.15, -0.1) is 11.8 Å². The van der Waals surface area contributed by atoms with E-state index in [9.17, 15) is 48.3 Å². The van der Waals surface area contributed by atoms with Crippen LogP contribution in [0.25, 0.3) is 21.8 Å². The second-order valence-electron chi connectivity index (χ2n) is 35.1. The SMILES string of the molecule is CCCC[C@H]1C(=O)N(C)[C@@H](CCCC)C(=O)N[C@@H](CCCNC(=N)N)C(=O)N[C@H](C(=O)NCC(N)=O)CSCC(=O)N[C@@H](Cc2ccccc2)C(=O)N(C)[C@@H](C)C(=O)N[C@@H](CC(N)=O)C(=O)N2CCC[C@H]2C(=O)N[C@@H](Cc2cnc[nH]2)C(=O)N[C@@H](CC(C)C)C(=O)N2C[C@H](F)C[C@H]2C(=O)N[C@@H](Cc2c[nH]c3ccccc23)C(=O)N[C@@H](CCO)C(=O)N[C@@H](Cc2c[nH]c3ccccc23)C(=O)N1C. The summed E-state index contributed by atoms with van der Waals surface area (Å²) in [5.41, 5.74) is 19.9. The number of nitrogens with two attached hydrogens (primary N) is 3. The predicted octanol–water partition coefficient (Wildman–Crippen LogP) is -1.27. The van der Waals surface area contributed by atoms with Gasteiger partial charge < -0.3 is 120 Å². The van der Waals surface area contributed by atoms with Gasteiger partial charge in [0, 0.05) is 125 Å². The summed E-state index contributed by atoms with van der Waals surface area (Å²) in [5.74, 6) is -17.6. The van der Waals surface area contributed by atoms with E-state index in [1.807, 2.05) is 13.8 Å². The molecule has 6 aromatic rings. The number of aromatic nitrogens is 4. The number of aliphatic hydroxyl groups excluding tert-OH is 1. The zero-order chi connectivity index (χ0) is 99.1. The molecule has 3 aliphatic rings. The number of aliphatic hydroxyl groups is 1. The van der Waals surface area contributed by atoms with Crippen molar-refractivity contribution in [1.82, 2.24) is 103 Å². The topological polar surface area (TPSA) is 621 Å². The highest BCUT2D eigenvalue weighted by Crippen LogP contribution is 2.29. The van der Waals surface area contributed by atoms with Crippen LogP contribution in [0, 0.1) is 11.3 Å². The molecule has 0 saturated carbocycles. The fraction of sp³-hybridized carbons (Fsp3) is 0.533. The van der Waals surface area contributed by atoms with E-state index < -0.39 is 254 Å². The zero-order valence-electron chi connectivity index (χ0n) is 77.8. The number of hydrogen-bond acceptors (Lipinski definition) is 21. The van der Waals surface area contributed by atoms with Crippen LogP contribution in [0.3, 0.4) is 0 Å². The number of amides is 17. The smallest absolute Gasteiger partial charge is 0.246 e. The summed E-state index contributed by atoms with van der Waals surface area (Å²) in [6.07, 6.45) is 2.62. The van der Waals surface area contributed by atoms with E-state index in [-0.39, 0.29) is 83.7 Å². The van der Waals surface area contributed by atoms with Crippen molar-refractivity contribution in [2.75, 3.05) is 65.4 Å². The molecular weight excluding hydrogens is 1780 g/mol. The number of rotatable bonds is 27. The zero-order valence-corrected chi connectivity index (χ0v) is 78.6. The Morgan fingerprint density at radius 3 is 1.68 bits per heavy atom. The first-order valence-corrected chi connectivity index (χ1v) is 47.0. The molecule has 0 spiro atoms. The molecule has 738 valence electrons. The third-order valence-electron chi connectivity index (χ3n) is 24.4. The van der Waals surface area contributed by atoms with Crippen molar-refractivity contribution < 1.29 is 91.0 Å². The lowest BCUT2D eigenvalue weighted by atomic mass is 9.99. The molecule has 44 heteroatoms. The number of thioether (sulfide) groups is 1. The first kappa shape index (κ1) is 106. The molecule has 3 fully saturated rings. The number of primary amides is 2. The van der Waals surface area contributed by atoms with Gasteiger partial charge in [-0.1, -0.05) is 120 Å². The van der Waals surface area contributed by atoms with Crippen LogP contribution < -0.4 is 75.7 Å². The van der Waals surface area contributed by atoms with Gasteiger partial charge in [0.2, 0.25) is 100 Å². The third kappa shape index (κ3) is 29.7. The molecule has 3 aliphatic heterocycles. The first-order chi connectivity index (χ1) is 64.9. The second-order valence-corrected chi connectivity index (χ2v) is 36.1. The van der Waals surface area contributed by atoms with Gasteiger partial charge in [0.1, 0.15) is 90.8 Å². The molecule has 3 aromatic heterocycles. The lowest BCUT2D eigenvalue weighted by molar-refractivity contribution is -0.149. The molecule has 0 unspecified atom stereocenters. The van der Waals surface area contributed by atoms with Crippen LogP contribution in [0.15, 0.2) is 104 Å². The van der Waals surface area contributed by atoms with Crippen LogP contribution in [0.2, 0.25) is 0 Å². The van der Waals surface area contributed by atoms with Crippen molar-refractivity contribution in [3.05, 3.63) is 126 Å². The van der Waals surface area contributed by atoms with E-state index in [0.717, 1.165) is 36.3 Å². The van der Waals surface area contributed by atoms with E-state index in [4.69, 9.17) is 22.6 Å². The van der Waals surface area contributed by atoms with Crippen molar-refractivity contribution in [3.63, 3.8) is 0 Å². The molecule has 136 heavy (non-hydrogen) atoms. The average molecular weight is 1910 g/mol. The normalized spacial score (nSPS) is 24.7. The van der Waals surface area contributed by atoms with E-state index >= 15 is 42.7 Å². The molecule has 17 amide bonds. The second kappa shape index (κ2) is 51.2. The number of fused-ring (bicyclic) bond motifs is 4. The lowest BCUT2D eigenvalue weighted by Crippen LogP contribution is -2.61. The summed E-state index contributed by atoms with van der Waals surface area (Å²) in [6, 6.07) is 0.834. The summed E-state index contributed by atoms with van der Waals surface area (Å²) < 4.78 is 16.4. The number of carbonyl (C=O) groups excluding carboxylic acids is 17. The molecule has 6 heterocycles. The molecule has 15 atom stereocenters. The quantitative estimate of drug-likeness (QED) is 0.0162. The molecule has 9 rings (SSSR count). The highest BCUT2D eigenvalue weighted by Gasteiger charge is 2.47. The number of benzene rings is 3. The predicted molar refractivity (Wildman–Crippen MR) is 502 cm³/mol. The number of halogens is 1. The van der Waals surface area contributed by atoms with Gasteiger partial charge in [-0.25, -0.2) is 9.37 Å². The number of nitrogens with zero attached hydrogens (tertiary/aromatic N) is 6. The molecule has 0 aliphatic carbocycles. The highest BCUT2D eigenvalue weighted by molar-refractivity contribution is 8.00. The number of para-hydroxylation sites is 2. The number of imidazole rings is 1. The molecule has 0 radical (unpaired) electrons. The summed E-state index contributed by atoms with van der Waals surface area (Å²) in [7, 11) is 3.96. The van der Waals surface area contributed by atoms with Crippen molar-refractivity contribution in [2.24, 2.45) is 23.1 Å². The van der Waals surface area contributed by atoms with Crippen LogP contribution in [0.1, 0.15) is 147 Å². The number of carbonyl (C=O) groups is 17. The molecule has 3 saturated heterocycles. The highest BCUT2D eigenvalue weighted by atomic mass is 32.2. The number of H-pyrrole nitrogens is 3. The standard InChI is InChI=1S/C92H129FN24O18S/c1-9-11-29-71-84(128)106-62(28-20-33-99-92(96)97)80(124)112-70(79(123)102-46-76(95)120)48-136-49-77(121)104-67(37-53-22-14-13-15-23-53)87(131)113(6)52(5)78(122)109-69(42-75(94)119)89(133)116-34-21-31-72(116)85(129)108-65(41-57-45-98-50-103-57)83(127)110-66(36-51(3)4)90(134)117-47-56(93)40-74(117)86(130)107-64(38-54-43-100-60-26-18-16-24-58(54)60)82(126)105-63(32-35-118)81(125)111-68(39-55-44-101-61-27-19-17-25-59(55)61)88(132)115(8)73(30-12-10-2)91(135)114(71)7/h13-19,22-27,43-45,50-52,56,62-74,100-101,118H,9-12,20-21,28-42,46-49H2,1-8H3,(H2,94,119)(H2,95,120)(H,98,103)(H,102,123)(H,104,121)(H,105,126)(H,106,128)(H,107,130)(H,108,129)(H,109,122)(H,110,127)(H,111,125)(H,112,124)(H4,96,97,99)/t52-,56+,62-,63-,64-,65-,66-,67-,68-,69-,70-,71-,72-,73-,74-/m0/s1. The van der Waals surface area contributed by atoms with Gasteiger partial charge in [-0.3, -0.25) is 86.9 Å². The molecule has 3 aromatic carbocycles. The van der Waals surface area contributed by atoms with Crippen LogP contribution >= 0.6 is 11.8 Å². The maximum absolute atomic E-state index is 16.4. The fourth-order valence-electron chi connectivity index (χ4n) is 16.9. The Balaban J connectivity index is 1.11. The number of likely N-dealkylation sites (N-methyl/N-ethyl adjacent to an activating group) is 3. The number of hydrogen-bond donors (Lipinski definition) is 19. The largest absolute Gasteiger partial charge is 0.396 e. The van der Waals surface area contributed by atoms with E-state index in [2.05, 4.69) is 78.4 Å². The van der Waals surface area contributed by atoms with Crippen LogP contribution in [0.4, 0.5) is 4.39 Å². The van der Waals surface area contributed by atoms with Crippen molar-refractivity contribution in [3.8, 4) is 0 Å².